The van der Waals surface area contributed by atoms with Gasteiger partial charge in [0.1, 0.15) is 12.4 Å². The van der Waals surface area contributed by atoms with E-state index in [1.807, 2.05) is 48.7 Å². The van der Waals surface area contributed by atoms with Gasteiger partial charge in [-0.1, -0.05) is 23.2 Å². The molecule has 0 amide bonds. The molecule has 4 heteroatoms. The molecule has 20 heavy (non-hydrogen) atoms. The summed E-state index contributed by atoms with van der Waals surface area (Å²) in [7, 11) is 0. The number of aromatic nitrogens is 1. The fraction of sp³-hybridized carbons (Fsp3) is 0.125. The number of fused-ring (bicyclic) bond motifs is 1. The Hall–Kier alpha value is -1.64. The summed E-state index contributed by atoms with van der Waals surface area (Å²) in [6, 6.07) is 15.3. The van der Waals surface area contributed by atoms with Crippen molar-refractivity contribution in [1.82, 2.24) is 4.57 Å². The fourth-order valence-electron chi connectivity index (χ4n) is 2.16. The number of halogens is 2. The largest absolute Gasteiger partial charge is 0.492 e. The predicted molar refractivity (Wildman–Crippen MR) is 83.9 cm³/mol. The standard InChI is InChI=1S/C16H13Cl2NO/c17-13-1-4-15(5-2-13)20-10-9-19-8-7-12-11-14(18)3-6-16(12)19/h1-8,11H,9-10H2. The second-order valence-electron chi connectivity index (χ2n) is 4.51. The van der Waals surface area contributed by atoms with Crippen molar-refractivity contribution in [2.24, 2.45) is 0 Å². The van der Waals surface area contributed by atoms with E-state index < -0.39 is 0 Å². The van der Waals surface area contributed by atoms with Gasteiger partial charge in [0.05, 0.1) is 6.54 Å². The maximum absolute atomic E-state index is 5.98. The van der Waals surface area contributed by atoms with Crippen molar-refractivity contribution in [2.75, 3.05) is 6.61 Å². The predicted octanol–water partition coefficient (Wildman–Crippen LogP) is 5.03. The summed E-state index contributed by atoms with van der Waals surface area (Å²) in [6.07, 6.45) is 2.05. The van der Waals surface area contributed by atoms with Crippen LogP contribution in [0.4, 0.5) is 0 Å². The van der Waals surface area contributed by atoms with Crippen LogP contribution in [0.5, 0.6) is 5.75 Å². The second-order valence-corrected chi connectivity index (χ2v) is 5.39. The second kappa shape index (κ2) is 5.78. The van der Waals surface area contributed by atoms with Crippen LogP contribution in [-0.4, -0.2) is 11.2 Å². The van der Waals surface area contributed by atoms with Crippen LogP contribution in [0.2, 0.25) is 10.0 Å². The van der Waals surface area contributed by atoms with Gasteiger partial charge in [0.25, 0.3) is 0 Å². The lowest BCUT2D eigenvalue weighted by atomic mass is 10.2. The molecule has 0 saturated heterocycles. The summed E-state index contributed by atoms with van der Waals surface area (Å²) in [4.78, 5) is 0. The van der Waals surface area contributed by atoms with Crippen molar-refractivity contribution in [1.29, 1.82) is 0 Å². The van der Waals surface area contributed by atoms with E-state index in [9.17, 15) is 0 Å². The molecule has 1 heterocycles. The third kappa shape index (κ3) is 2.92. The first-order chi connectivity index (χ1) is 9.72. The first-order valence-electron chi connectivity index (χ1n) is 6.35. The number of hydrogen-bond acceptors (Lipinski definition) is 1. The van der Waals surface area contributed by atoms with Crippen LogP contribution >= 0.6 is 23.2 Å². The smallest absolute Gasteiger partial charge is 0.119 e. The van der Waals surface area contributed by atoms with E-state index in [2.05, 4.69) is 10.6 Å². The zero-order valence-corrected chi connectivity index (χ0v) is 12.2. The average Bonchev–Trinajstić information content (AvgIpc) is 2.83. The van der Waals surface area contributed by atoms with Crippen LogP contribution in [0.1, 0.15) is 0 Å². The third-order valence-electron chi connectivity index (χ3n) is 3.15. The highest BCUT2D eigenvalue weighted by Crippen LogP contribution is 2.21. The lowest BCUT2D eigenvalue weighted by Crippen LogP contribution is -2.06. The Morgan fingerprint density at radius 2 is 1.65 bits per heavy atom. The molecule has 0 saturated carbocycles. The van der Waals surface area contributed by atoms with Crippen molar-refractivity contribution in [2.45, 2.75) is 6.54 Å². The molecule has 0 fully saturated rings. The van der Waals surface area contributed by atoms with Gasteiger partial charge in [-0.05, 0) is 48.5 Å². The van der Waals surface area contributed by atoms with Crippen molar-refractivity contribution in [3.8, 4) is 5.75 Å². The highest BCUT2D eigenvalue weighted by molar-refractivity contribution is 6.31. The summed E-state index contributed by atoms with van der Waals surface area (Å²) in [6.45, 7) is 1.39. The molecule has 0 aliphatic carbocycles. The summed E-state index contributed by atoms with van der Waals surface area (Å²) >= 11 is 11.8. The lowest BCUT2D eigenvalue weighted by Gasteiger charge is -2.08. The third-order valence-corrected chi connectivity index (χ3v) is 3.63. The molecule has 0 bridgehead atoms. The molecule has 0 N–H and O–H groups in total. The molecule has 0 spiro atoms. The van der Waals surface area contributed by atoms with E-state index in [4.69, 9.17) is 27.9 Å². The van der Waals surface area contributed by atoms with Gasteiger partial charge in [-0.2, -0.15) is 0 Å². The Morgan fingerprint density at radius 3 is 2.45 bits per heavy atom. The molecule has 2 aromatic carbocycles. The molecule has 0 radical (unpaired) electrons. The van der Waals surface area contributed by atoms with Crippen LogP contribution in [-0.2, 0) is 6.54 Å². The van der Waals surface area contributed by atoms with Gasteiger partial charge in [0.2, 0.25) is 0 Å². The van der Waals surface area contributed by atoms with Crippen LogP contribution in [0, 0.1) is 0 Å². The molecular formula is C16H13Cl2NO. The molecule has 0 aliphatic heterocycles. The van der Waals surface area contributed by atoms with Crippen LogP contribution in [0.25, 0.3) is 10.9 Å². The Balaban J connectivity index is 1.66. The van der Waals surface area contributed by atoms with E-state index >= 15 is 0 Å². The Morgan fingerprint density at radius 1 is 0.900 bits per heavy atom. The Bertz CT molecular complexity index is 719. The van der Waals surface area contributed by atoms with Crippen LogP contribution < -0.4 is 4.74 Å². The SMILES string of the molecule is Clc1ccc(OCCn2ccc3cc(Cl)ccc32)cc1. The maximum Gasteiger partial charge on any atom is 0.119 e. The van der Waals surface area contributed by atoms with E-state index in [-0.39, 0.29) is 0 Å². The van der Waals surface area contributed by atoms with E-state index in [0.717, 1.165) is 28.2 Å². The van der Waals surface area contributed by atoms with Gasteiger partial charge in [-0.25, -0.2) is 0 Å². The fourth-order valence-corrected chi connectivity index (χ4v) is 2.47. The summed E-state index contributed by atoms with van der Waals surface area (Å²) in [5.74, 6) is 0.828. The monoisotopic (exact) mass is 305 g/mol. The van der Waals surface area contributed by atoms with E-state index in [1.54, 1.807) is 0 Å². The van der Waals surface area contributed by atoms with Gasteiger partial charge in [-0.3, -0.25) is 0 Å². The molecule has 3 aromatic rings. The van der Waals surface area contributed by atoms with Crippen molar-refractivity contribution >= 4 is 34.1 Å². The minimum absolute atomic E-state index is 0.605. The average molecular weight is 306 g/mol. The molecule has 0 aliphatic rings. The minimum atomic E-state index is 0.605. The van der Waals surface area contributed by atoms with Gasteiger partial charge in [-0.15, -0.1) is 0 Å². The topological polar surface area (TPSA) is 14.2 Å². The summed E-state index contributed by atoms with van der Waals surface area (Å²) < 4.78 is 7.86. The number of hydrogen-bond donors (Lipinski definition) is 0. The normalized spacial score (nSPS) is 10.9. The van der Waals surface area contributed by atoms with Crippen molar-refractivity contribution in [3.05, 3.63) is 64.8 Å². The summed E-state index contributed by atoms with van der Waals surface area (Å²) in [5.41, 5.74) is 1.16. The quantitative estimate of drug-likeness (QED) is 0.659. The van der Waals surface area contributed by atoms with Gasteiger partial charge in [0, 0.05) is 27.1 Å². The lowest BCUT2D eigenvalue weighted by molar-refractivity contribution is 0.300. The zero-order valence-electron chi connectivity index (χ0n) is 10.7. The maximum atomic E-state index is 5.98. The minimum Gasteiger partial charge on any atom is -0.492 e. The van der Waals surface area contributed by atoms with Crippen molar-refractivity contribution < 1.29 is 4.74 Å². The Kier molecular flexibility index (Phi) is 3.86. The number of benzene rings is 2. The molecule has 102 valence electrons. The summed E-state index contributed by atoms with van der Waals surface area (Å²) in [5, 5.41) is 2.61. The molecule has 2 nitrogen and oxygen atoms in total. The van der Waals surface area contributed by atoms with Gasteiger partial charge in [0.15, 0.2) is 0 Å². The first kappa shape index (κ1) is 13.3. The highest BCUT2D eigenvalue weighted by Gasteiger charge is 2.02. The van der Waals surface area contributed by atoms with E-state index in [1.165, 1.54) is 0 Å². The Labute approximate surface area is 127 Å². The van der Waals surface area contributed by atoms with Crippen LogP contribution in [0.3, 0.4) is 0 Å². The number of rotatable bonds is 4. The highest BCUT2D eigenvalue weighted by atomic mass is 35.5. The molecule has 0 atom stereocenters. The molecular weight excluding hydrogens is 293 g/mol. The van der Waals surface area contributed by atoms with Gasteiger partial charge < -0.3 is 9.30 Å². The zero-order chi connectivity index (χ0) is 13.9. The molecule has 3 rings (SSSR count). The van der Waals surface area contributed by atoms with Crippen molar-refractivity contribution in [3.63, 3.8) is 0 Å². The number of nitrogens with zero attached hydrogens (tertiary/aromatic N) is 1. The first-order valence-corrected chi connectivity index (χ1v) is 7.11. The number of ether oxygens (including phenoxy) is 1. The van der Waals surface area contributed by atoms with Crippen LogP contribution in [0.15, 0.2) is 54.7 Å². The molecule has 0 unspecified atom stereocenters. The van der Waals surface area contributed by atoms with Gasteiger partial charge >= 0.3 is 0 Å². The van der Waals surface area contributed by atoms with E-state index in [0.29, 0.717) is 11.6 Å². The molecule has 1 aromatic heterocycles.